The van der Waals surface area contributed by atoms with Crippen LogP contribution in [0.15, 0.2) is 60.8 Å². The molecule has 3 aromatic rings. The maximum absolute atomic E-state index is 13.0. The summed E-state index contributed by atoms with van der Waals surface area (Å²) in [6, 6.07) is 17.2. The number of thiocarbonyl (C=S) groups is 1. The number of nitrogens with zero attached hydrogens (tertiary/aromatic N) is 3. The van der Waals surface area contributed by atoms with Crippen molar-refractivity contribution in [1.29, 1.82) is 0 Å². The van der Waals surface area contributed by atoms with Crippen molar-refractivity contribution in [2.45, 2.75) is 32.5 Å². The summed E-state index contributed by atoms with van der Waals surface area (Å²) < 4.78 is 7.55. The number of anilines is 1. The third-order valence-corrected chi connectivity index (χ3v) is 6.37. The number of carbonyl (C=O) groups excluding carboxylic acids is 1. The smallest absolute Gasteiger partial charge is 0.244 e. The number of para-hydroxylation sites is 1. The first-order valence-electron chi connectivity index (χ1n) is 11.0. The van der Waals surface area contributed by atoms with Gasteiger partial charge >= 0.3 is 0 Å². The van der Waals surface area contributed by atoms with Crippen molar-refractivity contribution in [3.63, 3.8) is 0 Å². The fourth-order valence-corrected chi connectivity index (χ4v) is 4.75. The highest BCUT2D eigenvalue weighted by molar-refractivity contribution is 7.80. The standard InChI is InChI=1S/C25H29N5O2S/c1-17-15-20(18(2)29(17)13-14-32-3)24-23(21-11-7-8-12-26-21)28-25(33)30(24)16-22(31)27-19-9-5-4-6-10-19/h4-12,15,23-24H,13-14,16H2,1-3H3,(H,27,31)(H,28,33). The highest BCUT2D eigenvalue weighted by atomic mass is 32.1. The molecule has 0 spiro atoms. The first-order chi connectivity index (χ1) is 16.0. The van der Waals surface area contributed by atoms with Crippen molar-refractivity contribution >= 4 is 28.9 Å². The quantitative estimate of drug-likeness (QED) is 0.496. The van der Waals surface area contributed by atoms with Crippen molar-refractivity contribution < 1.29 is 9.53 Å². The molecular formula is C25H29N5O2S. The maximum atomic E-state index is 13.0. The summed E-state index contributed by atoms with van der Waals surface area (Å²) in [4.78, 5) is 19.5. The van der Waals surface area contributed by atoms with Crippen molar-refractivity contribution in [1.82, 2.24) is 19.8 Å². The zero-order valence-corrected chi connectivity index (χ0v) is 19.9. The molecule has 1 amide bonds. The van der Waals surface area contributed by atoms with E-state index < -0.39 is 0 Å². The van der Waals surface area contributed by atoms with Gasteiger partial charge in [-0.05, 0) is 62.0 Å². The summed E-state index contributed by atoms with van der Waals surface area (Å²) >= 11 is 5.71. The van der Waals surface area contributed by atoms with E-state index in [-0.39, 0.29) is 24.5 Å². The Hall–Kier alpha value is -3.23. The van der Waals surface area contributed by atoms with E-state index in [9.17, 15) is 4.79 Å². The third kappa shape index (κ3) is 4.91. The number of carbonyl (C=O) groups is 1. The Morgan fingerprint density at radius 3 is 2.64 bits per heavy atom. The number of benzene rings is 1. The molecule has 33 heavy (non-hydrogen) atoms. The van der Waals surface area contributed by atoms with Gasteiger partial charge in [0.15, 0.2) is 5.11 Å². The van der Waals surface area contributed by atoms with Crippen molar-refractivity contribution in [2.24, 2.45) is 0 Å². The molecule has 0 saturated carbocycles. The van der Waals surface area contributed by atoms with Gasteiger partial charge in [0.05, 0.1) is 24.4 Å². The molecular weight excluding hydrogens is 434 g/mol. The number of pyridine rings is 1. The van der Waals surface area contributed by atoms with Crippen LogP contribution in [-0.2, 0) is 16.1 Å². The number of aromatic nitrogens is 2. The van der Waals surface area contributed by atoms with Crippen molar-refractivity contribution in [3.8, 4) is 0 Å². The highest BCUT2D eigenvalue weighted by Crippen LogP contribution is 2.40. The molecule has 7 nitrogen and oxygen atoms in total. The molecule has 2 N–H and O–H groups in total. The van der Waals surface area contributed by atoms with E-state index in [0.29, 0.717) is 11.7 Å². The van der Waals surface area contributed by atoms with E-state index in [4.69, 9.17) is 17.0 Å². The number of aryl methyl sites for hydroxylation is 1. The average Bonchev–Trinajstić information content (AvgIpc) is 3.28. The van der Waals surface area contributed by atoms with Crippen LogP contribution in [0, 0.1) is 13.8 Å². The van der Waals surface area contributed by atoms with Gasteiger partial charge in [0.1, 0.15) is 6.54 Å². The lowest BCUT2D eigenvalue weighted by Gasteiger charge is -2.27. The zero-order chi connectivity index (χ0) is 23.4. The minimum atomic E-state index is -0.170. The van der Waals surface area contributed by atoms with E-state index in [2.05, 4.69) is 40.1 Å². The Labute approximate surface area is 199 Å². The van der Waals surface area contributed by atoms with Crippen LogP contribution in [0.4, 0.5) is 5.69 Å². The Kier molecular flexibility index (Phi) is 7.05. The van der Waals surface area contributed by atoms with Crippen LogP contribution < -0.4 is 10.6 Å². The molecule has 2 aromatic heterocycles. The van der Waals surface area contributed by atoms with Crippen molar-refractivity contribution in [3.05, 3.63) is 83.4 Å². The van der Waals surface area contributed by atoms with Gasteiger partial charge in [0.25, 0.3) is 0 Å². The number of hydrogen-bond acceptors (Lipinski definition) is 4. The van der Waals surface area contributed by atoms with Crippen LogP contribution in [0.5, 0.6) is 0 Å². The maximum Gasteiger partial charge on any atom is 0.244 e. The Morgan fingerprint density at radius 1 is 1.18 bits per heavy atom. The first-order valence-corrected chi connectivity index (χ1v) is 11.4. The molecule has 0 radical (unpaired) electrons. The third-order valence-electron chi connectivity index (χ3n) is 6.02. The van der Waals surface area contributed by atoms with Gasteiger partial charge in [-0.15, -0.1) is 0 Å². The van der Waals surface area contributed by atoms with Crippen LogP contribution >= 0.6 is 12.2 Å². The van der Waals surface area contributed by atoms with Gasteiger partial charge in [0, 0.05) is 36.9 Å². The van der Waals surface area contributed by atoms with Gasteiger partial charge in [-0.2, -0.15) is 0 Å². The lowest BCUT2D eigenvalue weighted by atomic mass is 9.97. The predicted octanol–water partition coefficient (Wildman–Crippen LogP) is 3.76. The second kappa shape index (κ2) is 10.1. The molecule has 172 valence electrons. The number of ether oxygens (including phenoxy) is 1. The van der Waals surface area contributed by atoms with Gasteiger partial charge in [-0.25, -0.2) is 0 Å². The number of rotatable bonds is 8. The molecule has 1 aliphatic rings. The lowest BCUT2D eigenvalue weighted by Crippen LogP contribution is -2.37. The predicted molar refractivity (Wildman–Crippen MR) is 133 cm³/mol. The Balaban J connectivity index is 1.68. The molecule has 0 aliphatic carbocycles. The Morgan fingerprint density at radius 2 is 1.94 bits per heavy atom. The number of hydrogen-bond donors (Lipinski definition) is 2. The molecule has 1 aliphatic heterocycles. The molecule has 8 heteroatoms. The molecule has 1 saturated heterocycles. The van der Waals surface area contributed by atoms with Gasteiger partial charge in [0.2, 0.25) is 5.91 Å². The van der Waals surface area contributed by atoms with Crippen LogP contribution in [0.3, 0.4) is 0 Å². The summed E-state index contributed by atoms with van der Waals surface area (Å²) in [7, 11) is 1.71. The van der Waals surface area contributed by atoms with Crippen LogP contribution in [0.25, 0.3) is 0 Å². The van der Waals surface area contributed by atoms with E-state index in [1.807, 2.05) is 53.4 Å². The van der Waals surface area contributed by atoms with Crippen molar-refractivity contribution in [2.75, 3.05) is 25.6 Å². The molecule has 1 aromatic carbocycles. The topological polar surface area (TPSA) is 71.4 Å². The monoisotopic (exact) mass is 463 g/mol. The molecule has 1 fully saturated rings. The summed E-state index contributed by atoms with van der Waals surface area (Å²) in [5.74, 6) is -0.120. The normalized spacial score (nSPS) is 17.8. The lowest BCUT2D eigenvalue weighted by molar-refractivity contribution is -0.116. The fraction of sp³-hybridized carbons (Fsp3) is 0.320. The van der Waals surface area contributed by atoms with Crippen LogP contribution in [0.1, 0.15) is 34.7 Å². The summed E-state index contributed by atoms with van der Waals surface area (Å²) in [5.41, 5.74) is 5.05. The zero-order valence-electron chi connectivity index (χ0n) is 19.1. The van der Waals surface area contributed by atoms with Gasteiger partial charge < -0.3 is 24.8 Å². The molecule has 2 unspecified atom stereocenters. The highest BCUT2D eigenvalue weighted by Gasteiger charge is 2.42. The summed E-state index contributed by atoms with van der Waals surface area (Å²) in [5, 5.41) is 6.93. The fourth-order valence-electron chi connectivity index (χ4n) is 4.44. The van der Waals surface area contributed by atoms with Crippen LogP contribution in [-0.4, -0.2) is 45.7 Å². The molecule has 0 bridgehead atoms. The minimum Gasteiger partial charge on any atom is -0.383 e. The Bertz CT molecular complexity index is 1120. The number of methoxy groups -OCH3 is 1. The molecule has 4 rings (SSSR count). The van der Waals surface area contributed by atoms with E-state index in [1.165, 1.54) is 0 Å². The molecule has 2 atom stereocenters. The van der Waals surface area contributed by atoms with Gasteiger partial charge in [-0.1, -0.05) is 24.3 Å². The summed E-state index contributed by atoms with van der Waals surface area (Å²) in [6.45, 7) is 5.73. The SMILES string of the molecule is COCCn1c(C)cc(C2C(c3ccccn3)NC(=S)N2CC(=O)Nc2ccccc2)c1C. The molecule has 3 heterocycles. The average molecular weight is 464 g/mol. The van der Waals surface area contributed by atoms with E-state index >= 15 is 0 Å². The minimum absolute atomic E-state index is 0.120. The second-order valence-electron chi connectivity index (χ2n) is 8.14. The van der Waals surface area contributed by atoms with E-state index in [1.54, 1.807) is 13.3 Å². The second-order valence-corrected chi connectivity index (χ2v) is 8.53. The number of nitrogens with one attached hydrogen (secondary N) is 2. The van der Waals surface area contributed by atoms with Crippen LogP contribution in [0.2, 0.25) is 0 Å². The van der Waals surface area contributed by atoms with E-state index in [0.717, 1.165) is 34.9 Å². The first kappa shape index (κ1) is 22.9. The van der Waals surface area contributed by atoms with Gasteiger partial charge in [-0.3, -0.25) is 9.78 Å². The number of amides is 1. The summed E-state index contributed by atoms with van der Waals surface area (Å²) in [6.07, 6.45) is 1.78. The largest absolute Gasteiger partial charge is 0.383 e.